The van der Waals surface area contributed by atoms with Crippen LogP contribution in [0, 0.1) is 11.6 Å². The molecule has 19 heavy (non-hydrogen) atoms. The fourth-order valence-electron chi connectivity index (χ4n) is 1.94. The monoisotopic (exact) mass is 260 g/mol. The van der Waals surface area contributed by atoms with E-state index in [1.54, 1.807) is 24.1 Å². The number of nitrogens with one attached hydrogen (secondary N) is 1. The van der Waals surface area contributed by atoms with Gasteiger partial charge in [0.15, 0.2) is 0 Å². The van der Waals surface area contributed by atoms with Crippen molar-refractivity contribution in [1.82, 2.24) is 19.7 Å². The molecule has 3 rings (SSSR count). The Morgan fingerprint density at radius 2 is 2.00 bits per heavy atom. The zero-order valence-electron chi connectivity index (χ0n) is 10.1. The number of H-pyrrole nitrogens is 1. The topological polar surface area (TPSA) is 46.5 Å². The Balaban J connectivity index is 2.17. The minimum atomic E-state index is -0.422. The average molecular weight is 260 g/mol. The van der Waals surface area contributed by atoms with Gasteiger partial charge in [0, 0.05) is 36.8 Å². The predicted molar refractivity (Wildman–Crippen MR) is 66.1 cm³/mol. The molecule has 0 bridgehead atoms. The van der Waals surface area contributed by atoms with E-state index in [-0.39, 0.29) is 5.82 Å². The molecule has 0 atom stereocenters. The van der Waals surface area contributed by atoms with Gasteiger partial charge in [0.25, 0.3) is 0 Å². The second kappa shape index (κ2) is 4.31. The molecule has 0 radical (unpaired) electrons. The molecule has 3 aromatic rings. The Morgan fingerprint density at radius 3 is 2.63 bits per heavy atom. The number of hydrogen-bond acceptors (Lipinski definition) is 2. The van der Waals surface area contributed by atoms with Gasteiger partial charge in [0.2, 0.25) is 0 Å². The second-order valence-corrected chi connectivity index (χ2v) is 4.14. The highest BCUT2D eigenvalue weighted by Crippen LogP contribution is 2.31. The molecule has 3 aromatic heterocycles. The largest absolute Gasteiger partial charge is 0.365 e. The summed E-state index contributed by atoms with van der Waals surface area (Å²) in [4.78, 5) is 6.68. The van der Waals surface area contributed by atoms with Crippen LogP contribution in [-0.2, 0) is 7.05 Å². The molecule has 4 nitrogen and oxygen atoms in total. The summed E-state index contributed by atoms with van der Waals surface area (Å²) in [7, 11) is 1.74. The van der Waals surface area contributed by atoms with E-state index in [0.717, 1.165) is 6.20 Å². The van der Waals surface area contributed by atoms with Crippen LogP contribution in [0.5, 0.6) is 0 Å². The van der Waals surface area contributed by atoms with Gasteiger partial charge in [-0.2, -0.15) is 5.10 Å². The molecule has 0 unspecified atom stereocenters. The third-order valence-corrected chi connectivity index (χ3v) is 2.78. The number of aromatic amines is 1. The summed E-state index contributed by atoms with van der Waals surface area (Å²) in [6, 6.07) is 2.82. The van der Waals surface area contributed by atoms with E-state index in [1.165, 1.54) is 18.3 Å². The molecule has 3 heterocycles. The zero-order valence-corrected chi connectivity index (χ0v) is 10.1. The van der Waals surface area contributed by atoms with E-state index in [2.05, 4.69) is 15.1 Å². The average Bonchev–Trinajstić information content (AvgIpc) is 2.96. The van der Waals surface area contributed by atoms with Crippen molar-refractivity contribution in [3.05, 3.63) is 48.6 Å². The summed E-state index contributed by atoms with van der Waals surface area (Å²) in [6.45, 7) is 0. The normalized spacial score (nSPS) is 10.9. The van der Waals surface area contributed by atoms with Crippen molar-refractivity contribution in [2.75, 3.05) is 0 Å². The molecule has 0 fully saturated rings. The third kappa shape index (κ3) is 2.01. The number of nitrogens with zero attached hydrogens (tertiary/aromatic N) is 3. The number of aromatic nitrogens is 4. The molecule has 0 aliphatic rings. The molecule has 0 saturated carbocycles. The maximum absolute atomic E-state index is 13.7. The lowest BCUT2D eigenvalue weighted by molar-refractivity contribution is 0.621. The van der Waals surface area contributed by atoms with E-state index < -0.39 is 5.82 Å². The van der Waals surface area contributed by atoms with Crippen LogP contribution in [0.4, 0.5) is 8.78 Å². The van der Waals surface area contributed by atoms with Crippen molar-refractivity contribution in [3.8, 4) is 22.5 Å². The molecule has 0 aliphatic heterocycles. The van der Waals surface area contributed by atoms with E-state index >= 15 is 0 Å². The first-order valence-corrected chi connectivity index (χ1v) is 5.63. The highest BCUT2D eigenvalue weighted by Gasteiger charge is 2.16. The number of aryl methyl sites for hydroxylation is 1. The summed E-state index contributed by atoms with van der Waals surface area (Å²) in [5.41, 5.74) is 2.04. The lowest BCUT2D eigenvalue weighted by atomic mass is 10.1. The molecule has 0 spiro atoms. The van der Waals surface area contributed by atoms with Gasteiger partial charge in [-0.15, -0.1) is 0 Å². The summed E-state index contributed by atoms with van der Waals surface area (Å²) >= 11 is 0. The molecule has 0 aliphatic carbocycles. The van der Waals surface area contributed by atoms with E-state index in [0.29, 0.717) is 22.5 Å². The Morgan fingerprint density at radius 1 is 1.16 bits per heavy atom. The third-order valence-electron chi connectivity index (χ3n) is 2.78. The van der Waals surface area contributed by atoms with E-state index in [1.807, 2.05) is 0 Å². The Bertz CT molecular complexity index is 713. The lowest BCUT2D eigenvalue weighted by Crippen LogP contribution is -1.90. The van der Waals surface area contributed by atoms with Crippen molar-refractivity contribution in [2.24, 2.45) is 7.05 Å². The van der Waals surface area contributed by atoms with Crippen LogP contribution in [0.1, 0.15) is 0 Å². The maximum atomic E-state index is 13.7. The first kappa shape index (κ1) is 11.6. The number of hydrogen-bond donors (Lipinski definition) is 1. The molecule has 0 aromatic carbocycles. The smallest absolute Gasteiger partial charge is 0.148 e. The Hall–Kier alpha value is -2.50. The Kier molecular flexibility index (Phi) is 2.63. The number of rotatable bonds is 2. The minimum absolute atomic E-state index is 0.364. The SMILES string of the molecule is Cn1cc(-c2c[nH]cc2F)c(-c2ccc(F)cn2)n1. The van der Waals surface area contributed by atoms with Crippen molar-refractivity contribution in [2.45, 2.75) is 0 Å². The van der Waals surface area contributed by atoms with Crippen molar-refractivity contribution >= 4 is 0 Å². The van der Waals surface area contributed by atoms with Crippen LogP contribution in [0.15, 0.2) is 36.9 Å². The van der Waals surface area contributed by atoms with Gasteiger partial charge in [0.1, 0.15) is 17.3 Å². The molecular formula is C13H10F2N4. The molecule has 1 N–H and O–H groups in total. The van der Waals surface area contributed by atoms with Gasteiger partial charge >= 0.3 is 0 Å². The highest BCUT2D eigenvalue weighted by atomic mass is 19.1. The van der Waals surface area contributed by atoms with E-state index in [4.69, 9.17) is 0 Å². The lowest BCUT2D eigenvalue weighted by Gasteiger charge is -2.00. The van der Waals surface area contributed by atoms with Crippen LogP contribution in [0.2, 0.25) is 0 Å². The van der Waals surface area contributed by atoms with Crippen LogP contribution < -0.4 is 0 Å². The summed E-state index contributed by atoms with van der Waals surface area (Å²) < 4.78 is 28.1. The number of halogens is 2. The highest BCUT2D eigenvalue weighted by molar-refractivity contribution is 5.78. The van der Waals surface area contributed by atoms with Crippen molar-refractivity contribution in [1.29, 1.82) is 0 Å². The van der Waals surface area contributed by atoms with Crippen LogP contribution in [0.3, 0.4) is 0 Å². The first-order valence-electron chi connectivity index (χ1n) is 5.63. The van der Waals surface area contributed by atoms with Gasteiger partial charge in [-0.25, -0.2) is 8.78 Å². The fourth-order valence-corrected chi connectivity index (χ4v) is 1.94. The van der Waals surface area contributed by atoms with Gasteiger partial charge in [-0.05, 0) is 12.1 Å². The van der Waals surface area contributed by atoms with Gasteiger partial charge in [0.05, 0.1) is 11.9 Å². The van der Waals surface area contributed by atoms with Crippen LogP contribution in [-0.4, -0.2) is 19.7 Å². The number of pyridine rings is 1. The molecule has 6 heteroatoms. The summed E-state index contributed by atoms with van der Waals surface area (Å²) in [5, 5.41) is 4.26. The molecule has 96 valence electrons. The van der Waals surface area contributed by atoms with Crippen molar-refractivity contribution < 1.29 is 8.78 Å². The minimum Gasteiger partial charge on any atom is -0.365 e. The fraction of sp³-hybridized carbons (Fsp3) is 0.0769. The first-order chi connectivity index (χ1) is 9.15. The van der Waals surface area contributed by atoms with Gasteiger partial charge in [-0.1, -0.05) is 0 Å². The van der Waals surface area contributed by atoms with Gasteiger partial charge < -0.3 is 4.98 Å². The molecular weight excluding hydrogens is 250 g/mol. The van der Waals surface area contributed by atoms with Gasteiger partial charge in [-0.3, -0.25) is 9.67 Å². The molecule has 0 amide bonds. The van der Waals surface area contributed by atoms with Crippen LogP contribution >= 0.6 is 0 Å². The van der Waals surface area contributed by atoms with E-state index in [9.17, 15) is 8.78 Å². The van der Waals surface area contributed by atoms with Crippen molar-refractivity contribution in [3.63, 3.8) is 0 Å². The zero-order chi connectivity index (χ0) is 13.4. The predicted octanol–water partition coefficient (Wildman–Crippen LogP) is 2.76. The Labute approximate surface area is 107 Å². The second-order valence-electron chi connectivity index (χ2n) is 4.14. The summed E-state index contributed by atoms with van der Waals surface area (Å²) in [5.74, 6) is -0.787. The standard InChI is InChI=1S/C13H10F2N4/c1-19-7-10(9-5-16-6-11(9)15)13(18-19)12-3-2-8(14)4-17-12/h2-7,16H,1H3. The quantitative estimate of drug-likeness (QED) is 0.770. The molecule has 0 saturated heterocycles. The summed E-state index contributed by atoms with van der Waals surface area (Å²) in [6.07, 6.45) is 5.64. The maximum Gasteiger partial charge on any atom is 0.148 e. The van der Waals surface area contributed by atoms with Crippen LogP contribution in [0.25, 0.3) is 22.5 Å².